The second kappa shape index (κ2) is 4.85. The molecule has 7 nitrogen and oxygen atoms in total. The van der Waals surface area contributed by atoms with Gasteiger partial charge in [0, 0.05) is 13.1 Å². The lowest BCUT2D eigenvalue weighted by molar-refractivity contribution is 0.350. The summed E-state index contributed by atoms with van der Waals surface area (Å²) in [7, 11) is 3.62. The van der Waals surface area contributed by atoms with Gasteiger partial charge in [0.05, 0.1) is 12.7 Å². The summed E-state index contributed by atoms with van der Waals surface area (Å²) in [6.07, 6.45) is 1.53. The third kappa shape index (κ3) is 2.13. The summed E-state index contributed by atoms with van der Waals surface area (Å²) in [6.45, 7) is 4.70. The smallest absolute Gasteiger partial charge is 0.280 e. The zero-order valence-corrected chi connectivity index (χ0v) is 11.1. The molecule has 0 aromatic carbocycles. The van der Waals surface area contributed by atoms with Crippen LogP contribution >= 0.6 is 0 Å². The minimum absolute atomic E-state index is 0.144. The molecule has 0 aliphatic rings. The SMILES string of the molecule is CNC(Cn1nnc2c(cnn2C)c1=O)C(C)C. The maximum Gasteiger partial charge on any atom is 0.280 e. The summed E-state index contributed by atoms with van der Waals surface area (Å²) in [5, 5.41) is 15.7. The van der Waals surface area contributed by atoms with Gasteiger partial charge in [-0.3, -0.25) is 4.79 Å². The Hall–Kier alpha value is -1.76. The molecule has 1 N–H and O–H groups in total. The molecule has 1 unspecified atom stereocenters. The van der Waals surface area contributed by atoms with Crippen molar-refractivity contribution >= 4 is 11.0 Å². The highest BCUT2D eigenvalue weighted by molar-refractivity contribution is 5.72. The van der Waals surface area contributed by atoms with E-state index >= 15 is 0 Å². The molecule has 2 aromatic heterocycles. The molecule has 0 fully saturated rings. The fraction of sp³-hybridized carbons (Fsp3) is 0.636. The fourth-order valence-corrected chi connectivity index (χ4v) is 1.92. The molecule has 0 amide bonds. The number of fused-ring (bicyclic) bond motifs is 1. The normalized spacial score (nSPS) is 13.4. The van der Waals surface area contributed by atoms with Gasteiger partial charge in [-0.25, -0.2) is 9.36 Å². The Morgan fingerprint density at radius 2 is 2.17 bits per heavy atom. The van der Waals surface area contributed by atoms with Crippen LogP contribution in [0.2, 0.25) is 0 Å². The summed E-state index contributed by atoms with van der Waals surface area (Å²) in [5.74, 6) is 0.410. The Bertz CT molecular complexity index is 599. The fourth-order valence-electron chi connectivity index (χ4n) is 1.92. The first kappa shape index (κ1) is 12.7. The van der Waals surface area contributed by atoms with Crippen LogP contribution in [0.15, 0.2) is 11.0 Å². The molecule has 98 valence electrons. The lowest BCUT2D eigenvalue weighted by atomic mass is 10.1. The van der Waals surface area contributed by atoms with Crippen LogP contribution < -0.4 is 10.9 Å². The van der Waals surface area contributed by atoms with E-state index in [1.54, 1.807) is 11.7 Å². The highest BCUT2D eigenvalue weighted by atomic mass is 16.1. The molecular formula is C11H18N6O. The van der Waals surface area contributed by atoms with E-state index in [4.69, 9.17) is 0 Å². The predicted molar refractivity (Wildman–Crippen MR) is 68.2 cm³/mol. The average molecular weight is 250 g/mol. The Labute approximate surface area is 105 Å². The van der Waals surface area contributed by atoms with Crippen molar-refractivity contribution in [2.75, 3.05) is 7.05 Å². The van der Waals surface area contributed by atoms with Gasteiger partial charge in [0.2, 0.25) is 0 Å². The standard InChI is InChI=1S/C11H18N6O/c1-7(2)9(12-3)6-17-11(18)8-5-13-16(4)10(8)14-15-17/h5,7,9,12H,6H2,1-4H3. The summed E-state index contributed by atoms with van der Waals surface area (Å²) in [5.41, 5.74) is 0.371. The number of rotatable bonds is 4. The van der Waals surface area contributed by atoms with Gasteiger partial charge in [-0.15, -0.1) is 5.10 Å². The Balaban J connectivity index is 2.40. The Morgan fingerprint density at radius 3 is 2.78 bits per heavy atom. The van der Waals surface area contributed by atoms with Crippen molar-refractivity contribution in [3.63, 3.8) is 0 Å². The number of hydrogen-bond acceptors (Lipinski definition) is 5. The highest BCUT2D eigenvalue weighted by Gasteiger charge is 2.15. The van der Waals surface area contributed by atoms with E-state index in [9.17, 15) is 4.79 Å². The summed E-state index contributed by atoms with van der Waals surface area (Å²) in [4.78, 5) is 12.2. The first-order valence-electron chi connectivity index (χ1n) is 5.97. The van der Waals surface area contributed by atoms with Crippen LogP contribution in [-0.2, 0) is 13.6 Å². The first-order valence-corrected chi connectivity index (χ1v) is 5.97. The molecule has 1 atom stereocenters. The van der Waals surface area contributed by atoms with Crippen LogP contribution in [0.3, 0.4) is 0 Å². The van der Waals surface area contributed by atoms with Crippen molar-refractivity contribution in [1.29, 1.82) is 0 Å². The van der Waals surface area contributed by atoms with Crippen molar-refractivity contribution in [3.05, 3.63) is 16.6 Å². The van der Waals surface area contributed by atoms with Crippen molar-refractivity contribution in [2.45, 2.75) is 26.4 Å². The molecule has 7 heteroatoms. The number of hydrogen-bond donors (Lipinski definition) is 1. The molecular weight excluding hydrogens is 232 g/mol. The van der Waals surface area contributed by atoms with Crippen molar-refractivity contribution in [3.8, 4) is 0 Å². The summed E-state index contributed by atoms with van der Waals surface area (Å²) >= 11 is 0. The monoisotopic (exact) mass is 250 g/mol. The van der Waals surface area contributed by atoms with Crippen LogP contribution in [0.25, 0.3) is 11.0 Å². The van der Waals surface area contributed by atoms with Gasteiger partial charge in [-0.05, 0) is 13.0 Å². The second-order valence-corrected chi connectivity index (χ2v) is 4.72. The van der Waals surface area contributed by atoms with Gasteiger partial charge in [0.25, 0.3) is 5.56 Å². The van der Waals surface area contributed by atoms with E-state index in [-0.39, 0.29) is 11.6 Å². The quantitative estimate of drug-likeness (QED) is 0.811. The molecule has 18 heavy (non-hydrogen) atoms. The molecule has 0 bridgehead atoms. The maximum atomic E-state index is 12.2. The number of likely N-dealkylation sites (N-methyl/N-ethyl adjacent to an activating group) is 1. The van der Waals surface area contributed by atoms with Crippen LogP contribution in [0, 0.1) is 5.92 Å². The molecule has 0 saturated heterocycles. The molecule has 2 heterocycles. The lowest BCUT2D eigenvalue weighted by Gasteiger charge is -2.19. The zero-order chi connectivity index (χ0) is 13.3. The first-order chi connectivity index (χ1) is 8.54. The van der Waals surface area contributed by atoms with E-state index in [2.05, 4.69) is 34.6 Å². The van der Waals surface area contributed by atoms with Crippen molar-refractivity contribution in [2.24, 2.45) is 13.0 Å². The minimum atomic E-state index is -0.144. The van der Waals surface area contributed by atoms with Gasteiger partial charge in [-0.2, -0.15) is 5.10 Å². The average Bonchev–Trinajstić information content (AvgIpc) is 2.71. The lowest BCUT2D eigenvalue weighted by Crippen LogP contribution is -2.39. The maximum absolute atomic E-state index is 12.2. The highest BCUT2D eigenvalue weighted by Crippen LogP contribution is 2.05. The van der Waals surface area contributed by atoms with E-state index < -0.39 is 0 Å². The van der Waals surface area contributed by atoms with E-state index in [0.717, 1.165) is 0 Å². The van der Waals surface area contributed by atoms with Crippen LogP contribution in [0.4, 0.5) is 0 Å². The molecule has 0 saturated carbocycles. The number of nitrogens with one attached hydrogen (secondary N) is 1. The third-order valence-electron chi connectivity index (χ3n) is 3.16. The van der Waals surface area contributed by atoms with Crippen molar-refractivity contribution in [1.82, 2.24) is 30.1 Å². The van der Waals surface area contributed by atoms with Crippen LogP contribution in [0.5, 0.6) is 0 Å². The second-order valence-electron chi connectivity index (χ2n) is 4.72. The largest absolute Gasteiger partial charge is 0.315 e. The van der Waals surface area contributed by atoms with Gasteiger partial charge in [-0.1, -0.05) is 19.1 Å². The zero-order valence-electron chi connectivity index (χ0n) is 11.1. The molecule has 0 aliphatic carbocycles. The molecule has 2 aromatic rings. The number of aryl methyl sites for hydroxylation is 1. The van der Waals surface area contributed by atoms with E-state index in [1.807, 2.05) is 7.05 Å². The topological polar surface area (TPSA) is 77.6 Å². The summed E-state index contributed by atoms with van der Waals surface area (Å²) < 4.78 is 2.94. The summed E-state index contributed by atoms with van der Waals surface area (Å²) in [6, 6.07) is 0.186. The van der Waals surface area contributed by atoms with Crippen LogP contribution in [-0.4, -0.2) is 37.9 Å². The van der Waals surface area contributed by atoms with E-state index in [0.29, 0.717) is 23.5 Å². The van der Waals surface area contributed by atoms with E-state index in [1.165, 1.54) is 10.9 Å². The van der Waals surface area contributed by atoms with Gasteiger partial charge < -0.3 is 5.32 Å². The molecule has 0 radical (unpaired) electrons. The van der Waals surface area contributed by atoms with Gasteiger partial charge in [0.1, 0.15) is 5.39 Å². The van der Waals surface area contributed by atoms with Gasteiger partial charge >= 0.3 is 0 Å². The number of nitrogens with zero attached hydrogens (tertiary/aromatic N) is 5. The Kier molecular flexibility index (Phi) is 3.42. The number of aromatic nitrogens is 5. The van der Waals surface area contributed by atoms with Crippen molar-refractivity contribution < 1.29 is 0 Å². The molecule has 2 rings (SSSR count). The minimum Gasteiger partial charge on any atom is -0.315 e. The Morgan fingerprint density at radius 1 is 1.44 bits per heavy atom. The molecule has 0 aliphatic heterocycles. The third-order valence-corrected chi connectivity index (χ3v) is 3.16. The predicted octanol–water partition coefficient (Wildman–Crippen LogP) is -0.231. The van der Waals surface area contributed by atoms with Gasteiger partial charge in [0.15, 0.2) is 5.65 Å². The van der Waals surface area contributed by atoms with Crippen LogP contribution in [0.1, 0.15) is 13.8 Å². The molecule has 0 spiro atoms.